The van der Waals surface area contributed by atoms with Crippen molar-refractivity contribution in [2.24, 2.45) is 5.92 Å². The number of hydrogen-bond donors (Lipinski definition) is 1. The normalized spacial score (nSPS) is 21.7. The number of rotatable bonds is 7. The van der Waals surface area contributed by atoms with Crippen molar-refractivity contribution >= 4 is 10.0 Å². The lowest BCUT2D eigenvalue weighted by molar-refractivity contribution is -0.00177. The van der Waals surface area contributed by atoms with Gasteiger partial charge in [-0.3, -0.25) is 0 Å². The summed E-state index contributed by atoms with van der Waals surface area (Å²) in [5.74, 6) is 0.427. The quantitative estimate of drug-likeness (QED) is 0.776. The summed E-state index contributed by atoms with van der Waals surface area (Å²) in [5, 5.41) is 8.85. The molecule has 0 aromatic heterocycles. The largest absolute Gasteiger partial charge is 0.377 e. The van der Waals surface area contributed by atoms with Crippen molar-refractivity contribution in [3.63, 3.8) is 0 Å². The van der Waals surface area contributed by atoms with Gasteiger partial charge in [0.1, 0.15) is 0 Å². The summed E-state index contributed by atoms with van der Waals surface area (Å²) in [7, 11) is -3.42. The highest BCUT2D eigenvalue weighted by Gasteiger charge is 2.21. The Balaban J connectivity index is 1.76. The number of sulfonamides is 1. The molecule has 0 heterocycles. The Morgan fingerprint density at radius 1 is 1.35 bits per heavy atom. The van der Waals surface area contributed by atoms with E-state index in [0.29, 0.717) is 23.7 Å². The minimum atomic E-state index is -3.42. The predicted molar refractivity (Wildman–Crippen MR) is 89.2 cm³/mol. The van der Waals surface area contributed by atoms with Crippen LogP contribution >= 0.6 is 0 Å². The van der Waals surface area contributed by atoms with E-state index in [-0.39, 0.29) is 18.4 Å². The fourth-order valence-electron chi connectivity index (χ4n) is 2.94. The number of hydrogen-bond acceptors (Lipinski definition) is 4. The fraction of sp³-hybridized carbons (Fsp3) is 0.588. The molecule has 0 saturated heterocycles. The van der Waals surface area contributed by atoms with Crippen LogP contribution in [0.3, 0.4) is 0 Å². The van der Waals surface area contributed by atoms with Crippen LogP contribution in [0.15, 0.2) is 24.3 Å². The third kappa shape index (κ3) is 5.94. The summed E-state index contributed by atoms with van der Waals surface area (Å²) in [6, 6.07) is 8.66. The molecule has 1 fully saturated rings. The summed E-state index contributed by atoms with van der Waals surface area (Å²) in [4.78, 5) is 0. The lowest BCUT2D eigenvalue weighted by Gasteiger charge is -2.28. The number of benzene rings is 1. The number of nitriles is 1. The molecule has 0 spiro atoms. The van der Waals surface area contributed by atoms with E-state index >= 15 is 0 Å². The van der Waals surface area contributed by atoms with Gasteiger partial charge < -0.3 is 4.74 Å². The summed E-state index contributed by atoms with van der Waals surface area (Å²) in [5.41, 5.74) is 1.07. The van der Waals surface area contributed by atoms with E-state index in [9.17, 15) is 8.42 Å². The van der Waals surface area contributed by atoms with E-state index in [1.165, 1.54) is 19.3 Å². The molecule has 0 amide bonds. The van der Waals surface area contributed by atoms with Gasteiger partial charge in [0.2, 0.25) is 10.0 Å². The maximum absolute atomic E-state index is 12.1. The molecule has 23 heavy (non-hydrogen) atoms. The van der Waals surface area contributed by atoms with Gasteiger partial charge in [-0.15, -0.1) is 0 Å². The molecule has 126 valence electrons. The molecule has 0 aliphatic heterocycles. The number of nitrogens with zero attached hydrogens (tertiary/aromatic N) is 1. The molecule has 5 nitrogen and oxygen atoms in total. The first-order valence-corrected chi connectivity index (χ1v) is 9.73. The van der Waals surface area contributed by atoms with Crippen LogP contribution in [0.1, 0.15) is 43.7 Å². The van der Waals surface area contributed by atoms with Gasteiger partial charge in [-0.2, -0.15) is 5.26 Å². The van der Waals surface area contributed by atoms with Crippen LogP contribution in [-0.2, 0) is 20.5 Å². The molecule has 2 atom stereocenters. The van der Waals surface area contributed by atoms with Crippen LogP contribution < -0.4 is 4.72 Å². The first-order valence-electron chi connectivity index (χ1n) is 8.08. The van der Waals surface area contributed by atoms with Crippen LogP contribution in [-0.4, -0.2) is 27.7 Å². The maximum atomic E-state index is 12.1. The van der Waals surface area contributed by atoms with Gasteiger partial charge >= 0.3 is 0 Å². The molecule has 1 aromatic carbocycles. The van der Waals surface area contributed by atoms with Crippen LogP contribution in [0.4, 0.5) is 0 Å². The monoisotopic (exact) mass is 336 g/mol. The first-order chi connectivity index (χ1) is 11.0. The predicted octanol–water partition coefficient (Wildman–Crippen LogP) is 2.57. The Kier molecular flexibility index (Phi) is 6.58. The molecule has 0 unspecified atom stereocenters. The maximum Gasteiger partial charge on any atom is 0.215 e. The van der Waals surface area contributed by atoms with Crippen LogP contribution in [0.5, 0.6) is 0 Å². The summed E-state index contributed by atoms with van der Waals surface area (Å²) in [6.07, 6.45) is 4.95. The molecule has 1 aliphatic carbocycles. The minimum Gasteiger partial charge on any atom is -0.377 e. The van der Waals surface area contributed by atoms with Gasteiger partial charge in [0, 0.05) is 6.54 Å². The lowest BCUT2D eigenvalue weighted by Crippen LogP contribution is -2.32. The average Bonchev–Trinajstić information content (AvgIpc) is 2.53. The lowest BCUT2D eigenvalue weighted by atomic mass is 9.88. The van der Waals surface area contributed by atoms with Crippen molar-refractivity contribution < 1.29 is 13.2 Å². The zero-order chi connectivity index (χ0) is 16.7. The van der Waals surface area contributed by atoms with Crippen molar-refractivity contribution in [1.82, 2.24) is 4.72 Å². The van der Waals surface area contributed by atoms with Gasteiger partial charge in [-0.1, -0.05) is 31.9 Å². The Bertz CT molecular complexity index is 652. The van der Waals surface area contributed by atoms with Gasteiger partial charge in [0.05, 0.1) is 30.1 Å². The summed E-state index contributed by atoms with van der Waals surface area (Å²) >= 11 is 0. The van der Waals surface area contributed by atoms with Crippen LogP contribution in [0.2, 0.25) is 0 Å². The second-order valence-electron chi connectivity index (χ2n) is 6.14. The van der Waals surface area contributed by atoms with Crippen molar-refractivity contribution in [1.29, 1.82) is 5.26 Å². The van der Waals surface area contributed by atoms with Crippen molar-refractivity contribution in [2.45, 2.75) is 44.5 Å². The smallest absolute Gasteiger partial charge is 0.215 e. The van der Waals surface area contributed by atoms with Crippen molar-refractivity contribution in [2.75, 3.05) is 13.2 Å². The van der Waals surface area contributed by atoms with Gasteiger partial charge in [0.15, 0.2) is 0 Å². The molecule has 1 N–H and O–H groups in total. The SMILES string of the molecule is C[C@H]1CCCC[C@H]1OCCNS(=O)(=O)Cc1cccc(C#N)c1. The molecule has 1 aromatic rings. The Morgan fingerprint density at radius 2 is 2.13 bits per heavy atom. The third-order valence-electron chi connectivity index (χ3n) is 4.20. The van der Waals surface area contributed by atoms with E-state index in [1.54, 1.807) is 24.3 Å². The molecule has 0 radical (unpaired) electrons. The van der Waals surface area contributed by atoms with Crippen molar-refractivity contribution in [3.8, 4) is 6.07 Å². The van der Waals surface area contributed by atoms with E-state index in [1.807, 2.05) is 6.07 Å². The van der Waals surface area contributed by atoms with Crippen molar-refractivity contribution in [3.05, 3.63) is 35.4 Å². The molecule has 1 saturated carbocycles. The second-order valence-corrected chi connectivity index (χ2v) is 7.94. The van der Waals surface area contributed by atoms with E-state index in [4.69, 9.17) is 10.00 Å². The zero-order valence-electron chi connectivity index (χ0n) is 13.5. The molecule has 6 heteroatoms. The molecular weight excluding hydrogens is 312 g/mol. The standard InChI is InChI=1S/C17H24N2O3S/c1-14-5-2-3-8-17(14)22-10-9-19-23(20,21)13-16-7-4-6-15(11-16)12-18/h4,6-7,11,14,17,19H,2-3,5,8-10,13H2,1H3/t14-,17+/m0/s1. The molecule has 2 rings (SSSR count). The van der Waals surface area contributed by atoms with E-state index in [0.717, 1.165) is 6.42 Å². The van der Waals surface area contributed by atoms with E-state index < -0.39 is 10.0 Å². The summed E-state index contributed by atoms with van der Waals surface area (Å²) < 4.78 is 32.5. The highest BCUT2D eigenvalue weighted by molar-refractivity contribution is 7.88. The summed E-state index contributed by atoms with van der Waals surface area (Å²) in [6.45, 7) is 2.87. The van der Waals surface area contributed by atoms with Gasteiger partial charge in [0.25, 0.3) is 0 Å². The number of nitrogens with one attached hydrogen (secondary N) is 1. The van der Waals surface area contributed by atoms with Crippen LogP contribution in [0, 0.1) is 17.2 Å². The Hall–Kier alpha value is -1.42. The Morgan fingerprint density at radius 3 is 2.87 bits per heavy atom. The second kappa shape index (κ2) is 8.44. The zero-order valence-corrected chi connectivity index (χ0v) is 14.3. The fourth-order valence-corrected chi connectivity index (χ4v) is 4.05. The topological polar surface area (TPSA) is 79.2 Å². The van der Waals surface area contributed by atoms with Crippen LogP contribution in [0.25, 0.3) is 0 Å². The highest BCUT2D eigenvalue weighted by Crippen LogP contribution is 2.25. The van der Waals surface area contributed by atoms with E-state index in [2.05, 4.69) is 11.6 Å². The first kappa shape index (κ1) is 17.9. The molecule has 1 aliphatic rings. The van der Waals surface area contributed by atoms with Gasteiger partial charge in [-0.25, -0.2) is 13.1 Å². The number of ether oxygens (including phenoxy) is 1. The van der Waals surface area contributed by atoms with Gasteiger partial charge in [-0.05, 0) is 36.5 Å². The minimum absolute atomic E-state index is 0.123. The Labute approximate surface area is 138 Å². The average molecular weight is 336 g/mol. The highest BCUT2D eigenvalue weighted by atomic mass is 32.2. The molecule has 0 bridgehead atoms. The third-order valence-corrected chi connectivity index (χ3v) is 5.56. The molecular formula is C17H24N2O3S.